The SMILES string of the molecule is CCCCCCCCCCCCCCCCNc1ncnc2nc[nH]c12. The number of H-pyrrole nitrogens is 1. The van der Waals surface area contributed by atoms with Gasteiger partial charge in [0.1, 0.15) is 11.8 Å². The van der Waals surface area contributed by atoms with Gasteiger partial charge < -0.3 is 10.3 Å². The van der Waals surface area contributed by atoms with Crippen molar-refractivity contribution >= 4 is 17.0 Å². The number of aromatic amines is 1. The minimum Gasteiger partial charge on any atom is -0.368 e. The Morgan fingerprint density at radius 3 is 1.92 bits per heavy atom. The summed E-state index contributed by atoms with van der Waals surface area (Å²) < 4.78 is 0. The van der Waals surface area contributed by atoms with Crippen molar-refractivity contribution in [2.75, 3.05) is 11.9 Å². The third-order valence-corrected chi connectivity index (χ3v) is 5.05. The highest BCUT2D eigenvalue weighted by molar-refractivity contribution is 5.81. The molecule has 0 atom stereocenters. The number of aromatic nitrogens is 4. The quantitative estimate of drug-likeness (QED) is 0.348. The van der Waals surface area contributed by atoms with E-state index in [2.05, 4.69) is 32.2 Å². The van der Waals surface area contributed by atoms with Gasteiger partial charge in [0.05, 0.1) is 6.33 Å². The third-order valence-electron chi connectivity index (χ3n) is 5.05. The number of hydrogen-bond acceptors (Lipinski definition) is 4. The van der Waals surface area contributed by atoms with E-state index in [0.717, 1.165) is 23.5 Å². The Labute approximate surface area is 158 Å². The summed E-state index contributed by atoms with van der Waals surface area (Å²) in [6.45, 7) is 3.25. The van der Waals surface area contributed by atoms with Gasteiger partial charge in [-0.05, 0) is 6.42 Å². The van der Waals surface area contributed by atoms with Crippen molar-refractivity contribution < 1.29 is 0 Å². The Kier molecular flexibility index (Phi) is 10.8. The molecule has 5 heteroatoms. The lowest BCUT2D eigenvalue weighted by molar-refractivity contribution is 0.537. The van der Waals surface area contributed by atoms with Gasteiger partial charge in [-0.3, -0.25) is 0 Å². The second kappa shape index (κ2) is 13.5. The topological polar surface area (TPSA) is 66.5 Å². The molecule has 2 aromatic rings. The molecule has 2 aromatic heterocycles. The molecule has 0 amide bonds. The van der Waals surface area contributed by atoms with E-state index in [9.17, 15) is 0 Å². The smallest absolute Gasteiger partial charge is 0.182 e. The Bertz CT molecular complexity index is 581. The number of rotatable bonds is 16. The summed E-state index contributed by atoms with van der Waals surface area (Å²) in [6.07, 6.45) is 22.7. The number of unbranched alkanes of at least 4 members (excludes halogenated alkanes) is 13. The molecule has 26 heavy (non-hydrogen) atoms. The van der Waals surface area contributed by atoms with Crippen LogP contribution in [0, 0.1) is 0 Å². The van der Waals surface area contributed by atoms with E-state index in [1.54, 1.807) is 12.7 Å². The molecule has 0 saturated heterocycles. The molecular formula is C21H37N5. The molecule has 0 aliphatic carbocycles. The molecule has 0 aliphatic heterocycles. The fourth-order valence-corrected chi connectivity index (χ4v) is 3.43. The van der Waals surface area contributed by atoms with Crippen molar-refractivity contribution in [3.8, 4) is 0 Å². The van der Waals surface area contributed by atoms with E-state index < -0.39 is 0 Å². The van der Waals surface area contributed by atoms with Gasteiger partial charge in [0.2, 0.25) is 0 Å². The molecule has 0 fully saturated rings. The molecule has 0 aliphatic rings. The first-order valence-electron chi connectivity index (χ1n) is 10.8. The maximum Gasteiger partial charge on any atom is 0.182 e. The summed E-state index contributed by atoms with van der Waals surface area (Å²) in [5.74, 6) is 0.863. The van der Waals surface area contributed by atoms with E-state index in [4.69, 9.17) is 0 Å². The summed E-state index contributed by atoms with van der Waals surface area (Å²) in [6, 6.07) is 0. The number of hydrogen-bond donors (Lipinski definition) is 2. The fourth-order valence-electron chi connectivity index (χ4n) is 3.43. The molecule has 5 nitrogen and oxygen atoms in total. The van der Waals surface area contributed by atoms with Gasteiger partial charge in [-0.25, -0.2) is 15.0 Å². The second-order valence-corrected chi connectivity index (χ2v) is 7.35. The monoisotopic (exact) mass is 359 g/mol. The van der Waals surface area contributed by atoms with Crippen LogP contribution in [-0.2, 0) is 0 Å². The first kappa shape index (κ1) is 20.7. The molecule has 2 heterocycles. The molecule has 0 radical (unpaired) electrons. The van der Waals surface area contributed by atoms with Gasteiger partial charge in [-0.15, -0.1) is 0 Å². The predicted octanol–water partition coefficient (Wildman–Crippen LogP) is 6.25. The highest BCUT2D eigenvalue weighted by Crippen LogP contribution is 2.15. The van der Waals surface area contributed by atoms with Gasteiger partial charge in [0.15, 0.2) is 11.5 Å². The zero-order valence-electron chi connectivity index (χ0n) is 16.6. The second-order valence-electron chi connectivity index (χ2n) is 7.35. The Morgan fingerprint density at radius 1 is 0.731 bits per heavy atom. The van der Waals surface area contributed by atoms with Crippen molar-refractivity contribution in [1.29, 1.82) is 0 Å². The van der Waals surface area contributed by atoms with Crippen LogP contribution in [0.2, 0.25) is 0 Å². The number of anilines is 1. The van der Waals surface area contributed by atoms with Gasteiger partial charge in [0, 0.05) is 6.54 Å². The summed E-state index contributed by atoms with van der Waals surface area (Å²) >= 11 is 0. The normalized spacial score (nSPS) is 11.3. The Morgan fingerprint density at radius 2 is 1.31 bits per heavy atom. The third kappa shape index (κ3) is 8.15. The highest BCUT2D eigenvalue weighted by atomic mass is 15.1. The van der Waals surface area contributed by atoms with Gasteiger partial charge in [0.25, 0.3) is 0 Å². The Balaban J connectivity index is 1.36. The summed E-state index contributed by atoms with van der Waals surface area (Å²) in [7, 11) is 0. The largest absolute Gasteiger partial charge is 0.368 e. The van der Waals surface area contributed by atoms with E-state index >= 15 is 0 Å². The van der Waals surface area contributed by atoms with Crippen LogP contribution in [0.5, 0.6) is 0 Å². The standard InChI is InChI=1S/C21H37N5/c1-2-3-4-5-6-7-8-9-10-11-12-13-14-15-16-22-20-19-21(24-17-23-19)26-18-25-20/h17-18H,2-16H2,1H3,(H2,22,23,24,25,26). The molecule has 2 N–H and O–H groups in total. The van der Waals surface area contributed by atoms with Gasteiger partial charge in [-0.1, -0.05) is 90.4 Å². The van der Waals surface area contributed by atoms with Crippen molar-refractivity contribution in [1.82, 2.24) is 19.9 Å². The van der Waals surface area contributed by atoms with Gasteiger partial charge in [-0.2, -0.15) is 0 Å². The number of nitrogens with zero attached hydrogens (tertiary/aromatic N) is 3. The van der Waals surface area contributed by atoms with Crippen molar-refractivity contribution in [2.45, 2.75) is 96.8 Å². The number of fused-ring (bicyclic) bond motifs is 1. The molecular weight excluding hydrogens is 322 g/mol. The van der Waals surface area contributed by atoms with Crippen LogP contribution in [-0.4, -0.2) is 26.5 Å². The predicted molar refractivity (Wildman–Crippen MR) is 110 cm³/mol. The fraction of sp³-hybridized carbons (Fsp3) is 0.762. The first-order chi connectivity index (χ1) is 12.9. The van der Waals surface area contributed by atoms with E-state index in [0.29, 0.717) is 0 Å². The Hall–Kier alpha value is -1.65. The lowest BCUT2D eigenvalue weighted by atomic mass is 10.0. The highest BCUT2D eigenvalue weighted by Gasteiger charge is 2.04. The average Bonchev–Trinajstić information content (AvgIpc) is 3.14. The van der Waals surface area contributed by atoms with E-state index in [1.807, 2.05) is 0 Å². The summed E-state index contributed by atoms with van der Waals surface area (Å²) in [4.78, 5) is 15.7. The van der Waals surface area contributed by atoms with Crippen LogP contribution < -0.4 is 5.32 Å². The van der Waals surface area contributed by atoms with Gasteiger partial charge >= 0.3 is 0 Å². The minimum atomic E-state index is 0.725. The van der Waals surface area contributed by atoms with Crippen LogP contribution >= 0.6 is 0 Å². The first-order valence-corrected chi connectivity index (χ1v) is 10.8. The van der Waals surface area contributed by atoms with E-state index in [1.165, 1.54) is 89.9 Å². The molecule has 0 bridgehead atoms. The maximum absolute atomic E-state index is 4.29. The molecule has 0 spiro atoms. The van der Waals surface area contributed by atoms with Crippen molar-refractivity contribution in [3.63, 3.8) is 0 Å². The zero-order valence-corrected chi connectivity index (χ0v) is 16.6. The molecule has 2 rings (SSSR count). The average molecular weight is 360 g/mol. The van der Waals surface area contributed by atoms with E-state index in [-0.39, 0.29) is 0 Å². The summed E-state index contributed by atoms with van der Waals surface area (Å²) in [5.41, 5.74) is 1.63. The lowest BCUT2D eigenvalue weighted by Crippen LogP contribution is -2.04. The van der Waals surface area contributed by atoms with Crippen LogP contribution in [0.4, 0.5) is 5.82 Å². The molecule has 0 saturated carbocycles. The lowest BCUT2D eigenvalue weighted by Gasteiger charge is -2.06. The zero-order chi connectivity index (χ0) is 18.3. The van der Waals surface area contributed by atoms with Crippen LogP contribution in [0.15, 0.2) is 12.7 Å². The molecule has 146 valence electrons. The van der Waals surface area contributed by atoms with Crippen LogP contribution in [0.1, 0.15) is 96.8 Å². The van der Waals surface area contributed by atoms with Crippen molar-refractivity contribution in [2.24, 2.45) is 0 Å². The summed E-state index contributed by atoms with van der Waals surface area (Å²) in [5, 5.41) is 3.39. The van der Waals surface area contributed by atoms with Crippen molar-refractivity contribution in [3.05, 3.63) is 12.7 Å². The minimum absolute atomic E-state index is 0.725. The number of nitrogens with one attached hydrogen (secondary N) is 2. The van der Waals surface area contributed by atoms with Crippen LogP contribution in [0.25, 0.3) is 11.2 Å². The number of imidazole rings is 1. The maximum atomic E-state index is 4.29. The molecule has 0 aromatic carbocycles. The van der Waals surface area contributed by atoms with Crippen LogP contribution in [0.3, 0.4) is 0 Å². The molecule has 0 unspecified atom stereocenters.